The van der Waals surface area contributed by atoms with Crippen molar-refractivity contribution in [3.8, 4) is 11.5 Å². The van der Waals surface area contributed by atoms with E-state index in [4.69, 9.17) is 21.1 Å². The van der Waals surface area contributed by atoms with Crippen molar-refractivity contribution in [3.63, 3.8) is 0 Å². The molecule has 1 N–H and O–H groups in total. The molecule has 28 heavy (non-hydrogen) atoms. The summed E-state index contributed by atoms with van der Waals surface area (Å²) in [6.45, 7) is 1.45. The Morgan fingerprint density at radius 1 is 1.32 bits per heavy atom. The van der Waals surface area contributed by atoms with Crippen molar-refractivity contribution in [2.24, 2.45) is 0 Å². The van der Waals surface area contributed by atoms with Crippen LogP contribution in [0.1, 0.15) is 30.1 Å². The summed E-state index contributed by atoms with van der Waals surface area (Å²) in [5.74, 6) is 0.0693. The van der Waals surface area contributed by atoms with Gasteiger partial charge < -0.3 is 14.8 Å². The summed E-state index contributed by atoms with van der Waals surface area (Å²) in [4.78, 5) is 12.5. The number of alkyl halides is 3. The van der Waals surface area contributed by atoms with Crippen LogP contribution in [0.4, 0.5) is 13.2 Å². The molecule has 1 aliphatic heterocycles. The number of nitrogens with one attached hydrogen (secondary N) is 1. The number of hydrogen-bond acceptors (Lipinski definition) is 5. The van der Waals surface area contributed by atoms with Crippen LogP contribution in [0.2, 0.25) is 5.02 Å². The van der Waals surface area contributed by atoms with Gasteiger partial charge in [-0.2, -0.15) is 17.5 Å². The zero-order chi connectivity index (χ0) is 21.1. The average Bonchev–Trinajstić information content (AvgIpc) is 2.62. The highest BCUT2D eigenvalue weighted by atomic mass is 35.5. The van der Waals surface area contributed by atoms with Gasteiger partial charge in [-0.3, -0.25) is 4.79 Å². The molecule has 0 saturated carbocycles. The third kappa shape index (κ3) is 4.81. The fourth-order valence-corrected chi connectivity index (χ4v) is 4.04. The Morgan fingerprint density at radius 3 is 2.43 bits per heavy atom. The number of ether oxygens (including phenoxy) is 2. The van der Waals surface area contributed by atoms with Gasteiger partial charge in [0.05, 0.1) is 18.7 Å². The summed E-state index contributed by atoms with van der Waals surface area (Å²) in [5, 5.41) is 2.86. The fraction of sp³-hybridized carbons (Fsp3) is 0.562. The maximum Gasteiger partial charge on any atom is 0.511 e. The predicted molar refractivity (Wildman–Crippen MR) is 96.2 cm³/mol. The Labute approximate surface area is 165 Å². The molecule has 1 aromatic carbocycles. The molecule has 1 amide bonds. The molecule has 1 saturated heterocycles. The number of carbonyl (C=O) groups is 1. The molecule has 0 atom stereocenters. The Hall–Kier alpha value is -1.72. The quantitative estimate of drug-likeness (QED) is 0.729. The van der Waals surface area contributed by atoms with Gasteiger partial charge in [0.25, 0.3) is 5.91 Å². The Bertz CT molecular complexity index is 824. The number of carbonyl (C=O) groups excluding carboxylic acids is 1. The average molecular weight is 445 g/mol. The van der Waals surface area contributed by atoms with E-state index >= 15 is 0 Å². The van der Waals surface area contributed by atoms with Gasteiger partial charge in [0.2, 0.25) is 0 Å². The van der Waals surface area contributed by atoms with Gasteiger partial charge in [-0.25, -0.2) is 8.42 Å². The summed E-state index contributed by atoms with van der Waals surface area (Å²) in [7, 11) is -3.96. The van der Waals surface area contributed by atoms with Crippen molar-refractivity contribution in [2.75, 3.05) is 26.8 Å². The van der Waals surface area contributed by atoms with Crippen LogP contribution in [0, 0.1) is 0 Å². The van der Waals surface area contributed by atoms with Crippen molar-refractivity contribution < 1.29 is 35.9 Å². The highest BCUT2D eigenvalue weighted by Gasteiger charge is 2.50. The molecule has 7 nitrogen and oxygen atoms in total. The third-order valence-corrected chi connectivity index (χ3v) is 6.11. The van der Waals surface area contributed by atoms with E-state index in [-0.39, 0.29) is 42.3 Å². The van der Waals surface area contributed by atoms with E-state index < -0.39 is 27.5 Å². The lowest BCUT2D eigenvalue weighted by Crippen LogP contribution is -2.49. The summed E-state index contributed by atoms with van der Waals surface area (Å²) in [6.07, 6.45) is 0.117. The molecule has 0 bridgehead atoms. The van der Waals surface area contributed by atoms with Crippen LogP contribution in [-0.2, 0) is 10.0 Å². The Kier molecular flexibility index (Phi) is 7.05. The number of methoxy groups -OCH3 is 1. The molecule has 12 heteroatoms. The van der Waals surface area contributed by atoms with Gasteiger partial charge in [-0.1, -0.05) is 11.6 Å². The van der Waals surface area contributed by atoms with Crippen molar-refractivity contribution in [2.45, 2.75) is 31.3 Å². The summed E-state index contributed by atoms with van der Waals surface area (Å²) < 4.78 is 71.6. The van der Waals surface area contributed by atoms with Gasteiger partial charge in [-0.15, -0.1) is 0 Å². The first-order chi connectivity index (χ1) is 13.0. The maximum absolute atomic E-state index is 12.6. The first-order valence-electron chi connectivity index (χ1n) is 8.38. The number of benzene rings is 1. The van der Waals surface area contributed by atoms with Crippen LogP contribution in [0.3, 0.4) is 0 Å². The van der Waals surface area contributed by atoms with E-state index in [1.807, 2.05) is 0 Å². The largest absolute Gasteiger partial charge is 0.511 e. The second-order valence-electron chi connectivity index (χ2n) is 6.02. The zero-order valence-corrected chi connectivity index (χ0v) is 16.7. The molecule has 0 unspecified atom stereocenters. The Morgan fingerprint density at radius 2 is 1.93 bits per heavy atom. The van der Waals surface area contributed by atoms with E-state index in [0.717, 1.165) is 0 Å². The fourth-order valence-electron chi connectivity index (χ4n) is 2.79. The highest BCUT2D eigenvalue weighted by Crippen LogP contribution is 2.36. The minimum atomic E-state index is -5.36. The van der Waals surface area contributed by atoms with Gasteiger partial charge >= 0.3 is 15.5 Å². The van der Waals surface area contributed by atoms with E-state index in [9.17, 15) is 26.4 Å². The van der Waals surface area contributed by atoms with Crippen molar-refractivity contribution in [1.29, 1.82) is 0 Å². The van der Waals surface area contributed by atoms with Crippen LogP contribution in [0.25, 0.3) is 0 Å². The van der Waals surface area contributed by atoms with Crippen LogP contribution >= 0.6 is 11.6 Å². The number of rotatable bonds is 6. The Balaban J connectivity index is 2.04. The van der Waals surface area contributed by atoms with E-state index in [0.29, 0.717) is 16.7 Å². The van der Waals surface area contributed by atoms with Crippen molar-refractivity contribution >= 4 is 27.5 Å². The minimum Gasteiger partial charge on any atom is -0.493 e. The molecule has 0 aromatic heterocycles. The topological polar surface area (TPSA) is 84.9 Å². The molecule has 0 aliphatic carbocycles. The number of halogens is 4. The molecule has 1 aliphatic rings. The van der Waals surface area contributed by atoms with Gasteiger partial charge in [0, 0.05) is 24.7 Å². The molecule has 1 aromatic rings. The van der Waals surface area contributed by atoms with E-state index in [2.05, 4.69) is 5.32 Å². The molecule has 1 heterocycles. The molecule has 2 rings (SSSR count). The van der Waals surface area contributed by atoms with Gasteiger partial charge in [0.1, 0.15) is 0 Å². The molecule has 0 radical (unpaired) electrons. The molecular weight excluding hydrogens is 425 g/mol. The smallest absolute Gasteiger partial charge is 0.493 e. The second kappa shape index (κ2) is 8.75. The van der Waals surface area contributed by atoms with Crippen LogP contribution in [0.15, 0.2) is 12.1 Å². The molecule has 0 spiro atoms. The summed E-state index contributed by atoms with van der Waals surface area (Å²) in [6, 6.07) is 2.37. The first kappa shape index (κ1) is 22.6. The third-order valence-electron chi connectivity index (χ3n) is 4.20. The predicted octanol–water partition coefficient (Wildman–Crippen LogP) is 2.79. The number of hydrogen-bond donors (Lipinski definition) is 1. The van der Waals surface area contributed by atoms with Gasteiger partial charge in [-0.05, 0) is 31.9 Å². The number of amides is 1. The van der Waals surface area contributed by atoms with Crippen molar-refractivity contribution in [3.05, 3.63) is 22.7 Å². The summed E-state index contributed by atoms with van der Waals surface area (Å²) >= 11 is 6.13. The monoisotopic (exact) mass is 444 g/mol. The van der Waals surface area contributed by atoms with Crippen LogP contribution in [0.5, 0.6) is 11.5 Å². The molecule has 158 valence electrons. The standard InChI is InChI=1S/C16H20ClF3N2O5S/c1-3-27-14-12(17)8-10(9-13(14)26-2)15(23)21-11-4-6-22(7-5-11)28(24,25)16(18,19)20/h8-9,11H,3-7H2,1-2H3,(H,21,23). The normalized spacial score (nSPS) is 16.6. The lowest BCUT2D eigenvalue weighted by molar-refractivity contribution is -0.0495. The SMILES string of the molecule is CCOc1c(Cl)cc(C(=O)NC2CCN(S(=O)(=O)C(F)(F)F)CC2)cc1OC. The van der Waals surface area contributed by atoms with Crippen LogP contribution in [-0.4, -0.2) is 57.0 Å². The van der Waals surface area contributed by atoms with Gasteiger partial charge in [0.15, 0.2) is 11.5 Å². The number of sulfonamides is 1. The number of piperidine rings is 1. The lowest BCUT2D eigenvalue weighted by atomic mass is 10.1. The second-order valence-corrected chi connectivity index (χ2v) is 8.36. The molecule has 1 fully saturated rings. The number of nitrogens with zero attached hydrogens (tertiary/aromatic N) is 1. The minimum absolute atomic E-state index is 0.0585. The lowest BCUT2D eigenvalue weighted by Gasteiger charge is -2.31. The molecular formula is C16H20ClF3N2O5S. The van der Waals surface area contributed by atoms with E-state index in [1.54, 1.807) is 6.92 Å². The zero-order valence-electron chi connectivity index (χ0n) is 15.2. The summed E-state index contributed by atoms with van der Waals surface area (Å²) in [5.41, 5.74) is -5.14. The maximum atomic E-state index is 12.6. The van der Waals surface area contributed by atoms with Crippen LogP contribution < -0.4 is 14.8 Å². The first-order valence-corrected chi connectivity index (χ1v) is 10.2. The van der Waals surface area contributed by atoms with E-state index in [1.165, 1.54) is 19.2 Å². The van der Waals surface area contributed by atoms with Crippen molar-refractivity contribution in [1.82, 2.24) is 9.62 Å². The highest BCUT2D eigenvalue weighted by molar-refractivity contribution is 7.90.